The van der Waals surface area contributed by atoms with Gasteiger partial charge in [-0.25, -0.2) is 0 Å². The van der Waals surface area contributed by atoms with Gasteiger partial charge in [-0.05, 0) is 18.2 Å². The summed E-state index contributed by atoms with van der Waals surface area (Å²) in [5.41, 5.74) is 1.49. The van der Waals surface area contributed by atoms with E-state index in [4.69, 9.17) is 16.0 Å². The lowest BCUT2D eigenvalue weighted by Gasteiger charge is -2.04. The largest absolute Gasteiger partial charge is 0.472 e. The van der Waals surface area contributed by atoms with Crippen molar-refractivity contribution in [2.24, 2.45) is 0 Å². The fourth-order valence-electron chi connectivity index (χ4n) is 1.36. The van der Waals surface area contributed by atoms with E-state index in [-0.39, 0.29) is 10.7 Å². The SMILES string of the molecule is O=[N+]([O-])c1cc(NCc2ccoc2)ccc1Cl. The summed E-state index contributed by atoms with van der Waals surface area (Å²) in [5.74, 6) is 0. The molecule has 0 aliphatic rings. The fraction of sp³-hybridized carbons (Fsp3) is 0.0909. The Labute approximate surface area is 102 Å². The maximum Gasteiger partial charge on any atom is 0.289 e. The number of anilines is 1. The Kier molecular flexibility index (Phi) is 3.30. The van der Waals surface area contributed by atoms with Crippen LogP contribution in [-0.4, -0.2) is 4.92 Å². The quantitative estimate of drug-likeness (QED) is 0.668. The minimum Gasteiger partial charge on any atom is -0.472 e. The lowest BCUT2D eigenvalue weighted by atomic mass is 10.2. The lowest BCUT2D eigenvalue weighted by Crippen LogP contribution is -1.99. The van der Waals surface area contributed by atoms with Gasteiger partial charge in [0.15, 0.2) is 0 Å². The Hall–Kier alpha value is -2.01. The van der Waals surface area contributed by atoms with Crippen LogP contribution in [0.2, 0.25) is 5.02 Å². The molecule has 6 heteroatoms. The first kappa shape index (κ1) is 11.5. The average Bonchev–Trinajstić information content (AvgIpc) is 2.80. The Morgan fingerprint density at radius 2 is 2.24 bits per heavy atom. The van der Waals surface area contributed by atoms with E-state index < -0.39 is 4.92 Å². The minimum atomic E-state index is -0.509. The first-order chi connectivity index (χ1) is 8.16. The molecule has 1 aromatic carbocycles. The molecule has 0 unspecified atom stereocenters. The number of nitro groups is 1. The second-order valence-electron chi connectivity index (χ2n) is 3.41. The van der Waals surface area contributed by atoms with Gasteiger partial charge in [-0.2, -0.15) is 0 Å². The number of hydrogen-bond donors (Lipinski definition) is 1. The van der Waals surface area contributed by atoms with Gasteiger partial charge in [0, 0.05) is 23.9 Å². The monoisotopic (exact) mass is 252 g/mol. The Bertz CT molecular complexity index is 526. The third-order valence-corrected chi connectivity index (χ3v) is 2.54. The molecule has 2 rings (SSSR count). The maximum atomic E-state index is 10.7. The van der Waals surface area contributed by atoms with Crippen molar-refractivity contribution in [1.29, 1.82) is 0 Å². The van der Waals surface area contributed by atoms with Crippen LogP contribution in [0.5, 0.6) is 0 Å². The number of hydrogen-bond acceptors (Lipinski definition) is 4. The summed E-state index contributed by atoms with van der Waals surface area (Å²) in [4.78, 5) is 10.2. The minimum absolute atomic E-state index is 0.108. The van der Waals surface area contributed by atoms with Gasteiger partial charge < -0.3 is 9.73 Å². The highest BCUT2D eigenvalue weighted by Gasteiger charge is 2.12. The highest BCUT2D eigenvalue weighted by Crippen LogP contribution is 2.27. The molecule has 17 heavy (non-hydrogen) atoms. The van der Waals surface area contributed by atoms with Gasteiger partial charge in [0.05, 0.1) is 17.4 Å². The molecular formula is C11H9ClN2O3. The van der Waals surface area contributed by atoms with Gasteiger partial charge in [0.25, 0.3) is 5.69 Å². The molecule has 0 radical (unpaired) electrons. The zero-order valence-corrected chi connectivity index (χ0v) is 9.48. The molecule has 0 bridgehead atoms. The first-order valence-electron chi connectivity index (χ1n) is 4.85. The summed E-state index contributed by atoms with van der Waals surface area (Å²) < 4.78 is 4.91. The van der Waals surface area contributed by atoms with Gasteiger partial charge in [-0.3, -0.25) is 10.1 Å². The van der Waals surface area contributed by atoms with E-state index >= 15 is 0 Å². The van der Waals surface area contributed by atoms with Crippen molar-refractivity contribution in [3.05, 3.63) is 57.5 Å². The standard InChI is InChI=1S/C11H9ClN2O3/c12-10-2-1-9(5-11(10)14(15)16)13-6-8-3-4-17-7-8/h1-5,7,13H,6H2. The summed E-state index contributed by atoms with van der Waals surface area (Å²) in [7, 11) is 0. The van der Waals surface area contributed by atoms with E-state index in [1.165, 1.54) is 12.1 Å². The summed E-state index contributed by atoms with van der Waals surface area (Å²) in [5, 5.41) is 13.9. The van der Waals surface area contributed by atoms with E-state index in [0.29, 0.717) is 12.2 Å². The number of benzene rings is 1. The highest BCUT2D eigenvalue weighted by molar-refractivity contribution is 6.32. The number of nitrogens with one attached hydrogen (secondary N) is 1. The number of furan rings is 1. The van der Waals surface area contributed by atoms with Gasteiger partial charge in [-0.15, -0.1) is 0 Å². The zero-order chi connectivity index (χ0) is 12.3. The molecular weight excluding hydrogens is 244 g/mol. The second kappa shape index (κ2) is 4.88. The molecule has 0 aliphatic heterocycles. The van der Waals surface area contributed by atoms with Crippen molar-refractivity contribution < 1.29 is 9.34 Å². The predicted octanol–water partition coefficient (Wildman–Crippen LogP) is 3.45. The van der Waals surface area contributed by atoms with Crippen LogP contribution in [0.1, 0.15) is 5.56 Å². The predicted molar refractivity (Wildman–Crippen MR) is 64.1 cm³/mol. The van der Waals surface area contributed by atoms with Crippen LogP contribution < -0.4 is 5.32 Å². The molecule has 0 aliphatic carbocycles. The van der Waals surface area contributed by atoms with Gasteiger partial charge >= 0.3 is 0 Å². The van der Waals surface area contributed by atoms with E-state index in [0.717, 1.165) is 5.56 Å². The number of halogens is 1. The third-order valence-electron chi connectivity index (χ3n) is 2.22. The molecule has 0 atom stereocenters. The lowest BCUT2D eigenvalue weighted by molar-refractivity contribution is -0.384. The van der Waals surface area contributed by atoms with Crippen molar-refractivity contribution >= 4 is 23.0 Å². The van der Waals surface area contributed by atoms with Crippen molar-refractivity contribution in [3.63, 3.8) is 0 Å². The molecule has 88 valence electrons. The van der Waals surface area contributed by atoms with E-state index in [9.17, 15) is 10.1 Å². The van der Waals surface area contributed by atoms with Crippen LogP contribution in [0, 0.1) is 10.1 Å². The van der Waals surface area contributed by atoms with Crippen LogP contribution >= 0.6 is 11.6 Å². The van der Waals surface area contributed by atoms with E-state index in [1.54, 1.807) is 18.6 Å². The van der Waals surface area contributed by atoms with E-state index in [1.807, 2.05) is 6.07 Å². The topological polar surface area (TPSA) is 68.3 Å². The van der Waals surface area contributed by atoms with E-state index in [2.05, 4.69) is 5.32 Å². The van der Waals surface area contributed by atoms with Crippen molar-refractivity contribution in [1.82, 2.24) is 0 Å². The van der Waals surface area contributed by atoms with Gasteiger partial charge in [0.2, 0.25) is 0 Å². The molecule has 5 nitrogen and oxygen atoms in total. The van der Waals surface area contributed by atoms with Crippen LogP contribution in [0.4, 0.5) is 11.4 Å². The summed E-state index contributed by atoms with van der Waals surface area (Å²) in [6.07, 6.45) is 3.18. The Morgan fingerprint density at radius 3 is 2.88 bits per heavy atom. The third kappa shape index (κ3) is 2.76. The molecule has 0 amide bonds. The highest BCUT2D eigenvalue weighted by atomic mass is 35.5. The van der Waals surface area contributed by atoms with Crippen molar-refractivity contribution in [2.45, 2.75) is 6.54 Å². The molecule has 0 fully saturated rings. The van der Waals surface area contributed by atoms with Gasteiger partial charge in [-0.1, -0.05) is 11.6 Å². The Balaban J connectivity index is 2.11. The summed E-state index contributed by atoms with van der Waals surface area (Å²) >= 11 is 5.71. The zero-order valence-electron chi connectivity index (χ0n) is 8.72. The Morgan fingerprint density at radius 1 is 1.41 bits per heavy atom. The first-order valence-corrected chi connectivity index (χ1v) is 5.23. The van der Waals surface area contributed by atoms with Crippen LogP contribution in [0.15, 0.2) is 41.2 Å². The van der Waals surface area contributed by atoms with Crippen LogP contribution in [0.25, 0.3) is 0 Å². The summed E-state index contributed by atoms with van der Waals surface area (Å²) in [6.45, 7) is 0.537. The molecule has 1 aromatic heterocycles. The smallest absolute Gasteiger partial charge is 0.289 e. The molecule has 2 aromatic rings. The van der Waals surface area contributed by atoms with Gasteiger partial charge in [0.1, 0.15) is 5.02 Å². The normalized spacial score (nSPS) is 10.2. The molecule has 0 saturated heterocycles. The van der Waals surface area contributed by atoms with Crippen molar-refractivity contribution in [3.8, 4) is 0 Å². The van der Waals surface area contributed by atoms with Crippen LogP contribution in [0.3, 0.4) is 0 Å². The second-order valence-corrected chi connectivity index (χ2v) is 3.82. The molecule has 1 heterocycles. The van der Waals surface area contributed by atoms with Crippen LogP contribution in [-0.2, 0) is 6.54 Å². The number of nitrogens with zero attached hydrogens (tertiary/aromatic N) is 1. The number of rotatable bonds is 4. The molecule has 1 N–H and O–H groups in total. The fourth-order valence-corrected chi connectivity index (χ4v) is 1.55. The maximum absolute atomic E-state index is 10.7. The summed E-state index contributed by atoms with van der Waals surface area (Å²) in [6, 6.07) is 6.41. The molecule has 0 spiro atoms. The molecule has 0 saturated carbocycles. The van der Waals surface area contributed by atoms with Crippen molar-refractivity contribution in [2.75, 3.05) is 5.32 Å². The average molecular weight is 253 g/mol. The number of nitro benzene ring substituents is 1.